The number of benzene rings is 1. The maximum Gasteiger partial charge on any atom is 0.282 e. The van der Waals surface area contributed by atoms with Crippen LogP contribution in [0.5, 0.6) is 0 Å². The Bertz CT molecular complexity index is 1090. The Kier molecular flexibility index (Phi) is 8.89. The molecule has 2 fully saturated rings. The number of likely N-dealkylation sites (tertiary alicyclic amines) is 1. The van der Waals surface area contributed by atoms with Crippen LogP contribution in [-0.2, 0) is 4.74 Å². The summed E-state index contributed by atoms with van der Waals surface area (Å²) >= 11 is 0. The number of carbonyl (C=O) groups is 2. The lowest BCUT2D eigenvalue weighted by Crippen LogP contribution is -2.58. The zero-order valence-corrected chi connectivity index (χ0v) is 22.6. The molecule has 11 heteroatoms. The second-order valence-electron chi connectivity index (χ2n) is 10.4. The van der Waals surface area contributed by atoms with Gasteiger partial charge in [-0.2, -0.15) is 0 Å². The molecule has 0 bridgehead atoms. The van der Waals surface area contributed by atoms with E-state index in [1.54, 1.807) is 4.90 Å². The minimum atomic E-state index is -2.94. The Labute approximate surface area is 215 Å². The summed E-state index contributed by atoms with van der Waals surface area (Å²) in [5.74, 6) is -4.55. The number of amides is 1. The van der Waals surface area contributed by atoms with Gasteiger partial charge in [-0.15, -0.1) is 0 Å². The first-order valence-corrected chi connectivity index (χ1v) is 12.7. The lowest BCUT2D eigenvalue weighted by atomic mass is 10.0. The molecule has 2 aliphatic rings. The number of fused-ring (bicyclic) bond motifs is 1. The molecular weight excluding hydrogens is 489 g/mol. The number of hydrogen-bond donors (Lipinski definition) is 0. The van der Waals surface area contributed by atoms with Gasteiger partial charge in [0.15, 0.2) is 17.8 Å². The summed E-state index contributed by atoms with van der Waals surface area (Å²) in [4.78, 5) is 29.1. The lowest BCUT2D eigenvalue weighted by Gasteiger charge is -2.38. The van der Waals surface area contributed by atoms with Gasteiger partial charge in [0.1, 0.15) is 0 Å². The number of halogens is 3. The van der Waals surface area contributed by atoms with E-state index in [4.69, 9.17) is 9.26 Å². The van der Waals surface area contributed by atoms with E-state index >= 15 is 4.39 Å². The van der Waals surface area contributed by atoms with E-state index in [2.05, 4.69) is 44.7 Å². The highest BCUT2D eigenvalue weighted by Crippen LogP contribution is 2.36. The van der Waals surface area contributed by atoms with Crippen molar-refractivity contribution >= 4 is 28.8 Å². The van der Waals surface area contributed by atoms with Crippen LogP contribution in [0.2, 0.25) is 0 Å². The maximum atomic E-state index is 15.2. The Morgan fingerprint density at radius 3 is 2.19 bits per heavy atom. The third-order valence-corrected chi connectivity index (χ3v) is 6.60. The molecule has 2 aliphatic heterocycles. The molecule has 206 valence electrons. The first kappa shape index (κ1) is 28.9. The van der Waals surface area contributed by atoms with Crippen LogP contribution in [0.15, 0.2) is 10.6 Å². The molecule has 2 aromatic rings. The number of aldehydes is 1. The van der Waals surface area contributed by atoms with Gasteiger partial charge in [0.2, 0.25) is 5.58 Å². The van der Waals surface area contributed by atoms with E-state index in [-0.39, 0.29) is 40.1 Å². The van der Waals surface area contributed by atoms with E-state index in [9.17, 15) is 18.4 Å². The zero-order valence-electron chi connectivity index (χ0n) is 22.6. The maximum absolute atomic E-state index is 15.2. The number of carbonyl (C=O) groups excluding carboxylic acids is 2. The SMILES string of the molecule is CCN(C(C)C)C(C)C.C[C@@H]1CN(c2c(C=O)cc3c(C(=O)N4CC(F)(F)C4)noc3c2F)C[C@@H](C)O1. The van der Waals surface area contributed by atoms with Crippen LogP contribution in [0, 0.1) is 5.82 Å². The van der Waals surface area contributed by atoms with Gasteiger partial charge in [-0.05, 0) is 54.2 Å². The van der Waals surface area contributed by atoms with Crippen molar-refractivity contribution in [3.63, 3.8) is 0 Å². The quantitative estimate of drug-likeness (QED) is 0.509. The average Bonchev–Trinajstić information content (AvgIpc) is 3.20. The standard InChI is InChI=1S/C18H18F3N3O4.C8H19N/c1-9-4-23(5-10(2)27-9)15-11(6-25)3-12-14(22-28-16(12)13(15)19)17(26)24-7-18(20,21)8-24;1-6-9(7(2)3)8(4)5/h3,6,9-10H,4-5,7-8H2,1-2H3;7-8H,6H2,1-5H3/t9-,10-;/m1./s1. The van der Waals surface area contributed by atoms with Crippen molar-refractivity contribution < 1.29 is 32.0 Å². The van der Waals surface area contributed by atoms with Crippen LogP contribution in [0.4, 0.5) is 18.9 Å². The summed E-state index contributed by atoms with van der Waals surface area (Å²) in [6.07, 6.45) is 0.151. The minimum Gasteiger partial charge on any atom is -0.372 e. The minimum absolute atomic E-state index is 0.0158. The van der Waals surface area contributed by atoms with Crippen molar-refractivity contribution in [3.05, 3.63) is 23.1 Å². The summed E-state index contributed by atoms with van der Waals surface area (Å²) in [6, 6.07) is 2.69. The topological polar surface area (TPSA) is 79.1 Å². The molecule has 0 spiro atoms. The van der Waals surface area contributed by atoms with Crippen molar-refractivity contribution in [2.24, 2.45) is 0 Å². The molecule has 0 N–H and O–H groups in total. The Balaban J connectivity index is 0.000000364. The third kappa shape index (κ3) is 6.26. The number of aromatic nitrogens is 1. The third-order valence-electron chi connectivity index (χ3n) is 6.60. The number of morpholine rings is 1. The highest BCUT2D eigenvalue weighted by atomic mass is 19.3. The molecule has 37 heavy (non-hydrogen) atoms. The molecule has 0 unspecified atom stereocenters. The zero-order chi connectivity index (χ0) is 27.7. The summed E-state index contributed by atoms with van der Waals surface area (Å²) < 4.78 is 52.0. The molecule has 0 saturated carbocycles. The molecule has 0 aliphatic carbocycles. The fraction of sp³-hybridized carbons (Fsp3) is 0.654. The lowest BCUT2D eigenvalue weighted by molar-refractivity contribution is -0.113. The predicted octanol–water partition coefficient (Wildman–Crippen LogP) is 4.61. The van der Waals surface area contributed by atoms with Crippen LogP contribution in [-0.4, -0.2) is 90.1 Å². The van der Waals surface area contributed by atoms with Gasteiger partial charge in [0.05, 0.1) is 36.4 Å². The molecule has 2 atom stereocenters. The summed E-state index contributed by atoms with van der Waals surface area (Å²) in [7, 11) is 0. The Morgan fingerprint density at radius 2 is 1.76 bits per heavy atom. The van der Waals surface area contributed by atoms with Crippen molar-refractivity contribution in [2.45, 2.75) is 78.7 Å². The van der Waals surface area contributed by atoms with Gasteiger partial charge >= 0.3 is 0 Å². The summed E-state index contributed by atoms with van der Waals surface area (Å²) in [6.45, 7) is 15.3. The molecule has 3 heterocycles. The normalized spacial score (nSPS) is 21.3. The van der Waals surface area contributed by atoms with Gasteiger partial charge in [-0.1, -0.05) is 12.1 Å². The number of hydrogen-bond acceptors (Lipinski definition) is 7. The Morgan fingerprint density at radius 1 is 1.19 bits per heavy atom. The van der Waals surface area contributed by atoms with Gasteiger partial charge < -0.3 is 19.1 Å². The van der Waals surface area contributed by atoms with Crippen molar-refractivity contribution in [2.75, 3.05) is 37.6 Å². The predicted molar refractivity (Wildman–Crippen MR) is 135 cm³/mol. The van der Waals surface area contributed by atoms with Crippen LogP contribution < -0.4 is 4.90 Å². The molecule has 1 aromatic carbocycles. The van der Waals surface area contributed by atoms with E-state index < -0.39 is 30.7 Å². The van der Waals surface area contributed by atoms with Crippen LogP contribution in [0.3, 0.4) is 0 Å². The largest absolute Gasteiger partial charge is 0.372 e. The fourth-order valence-electron chi connectivity index (χ4n) is 5.11. The van der Waals surface area contributed by atoms with Crippen molar-refractivity contribution in [3.8, 4) is 0 Å². The van der Waals surface area contributed by atoms with E-state index in [1.807, 2.05) is 13.8 Å². The van der Waals surface area contributed by atoms with E-state index in [0.29, 0.717) is 31.5 Å². The second-order valence-corrected chi connectivity index (χ2v) is 10.4. The second kappa shape index (κ2) is 11.4. The Hall–Kier alpha value is -2.66. The highest BCUT2D eigenvalue weighted by molar-refractivity contribution is 6.07. The van der Waals surface area contributed by atoms with Crippen LogP contribution in [0.1, 0.15) is 69.3 Å². The number of alkyl halides is 2. The first-order valence-electron chi connectivity index (χ1n) is 12.7. The van der Waals surface area contributed by atoms with Gasteiger partial charge in [0, 0.05) is 30.7 Å². The molecule has 4 rings (SSSR count). The fourth-order valence-corrected chi connectivity index (χ4v) is 5.11. The van der Waals surface area contributed by atoms with Crippen LogP contribution >= 0.6 is 0 Å². The highest BCUT2D eigenvalue weighted by Gasteiger charge is 2.47. The number of anilines is 1. The molecule has 0 radical (unpaired) electrons. The van der Waals surface area contributed by atoms with Crippen LogP contribution in [0.25, 0.3) is 11.0 Å². The monoisotopic (exact) mass is 526 g/mol. The summed E-state index contributed by atoms with van der Waals surface area (Å²) in [5, 5.41) is 3.57. The smallest absolute Gasteiger partial charge is 0.282 e. The molecule has 1 amide bonds. The molecule has 2 saturated heterocycles. The van der Waals surface area contributed by atoms with Crippen molar-refractivity contribution in [1.29, 1.82) is 0 Å². The van der Waals surface area contributed by atoms with Gasteiger partial charge in [-0.25, -0.2) is 13.2 Å². The van der Waals surface area contributed by atoms with E-state index in [0.717, 1.165) is 11.4 Å². The molecular formula is C26H37F3N4O4. The van der Waals surface area contributed by atoms with Gasteiger partial charge in [0.25, 0.3) is 11.8 Å². The number of ether oxygens (including phenoxy) is 1. The van der Waals surface area contributed by atoms with E-state index in [1.165, 1.54) is 6.07 Å². The number of nitrogens with zero attached hydrogens (tertiary/aromatic N) is 4. The number of rotatable bonds is 6. The molecule has 1 aromatic heterocycles. The molecule has 8 nitrogen and oxygen atoms in total. The first-order chi connectivity index (χ1) is 17.3. The van der Waals surface area contributed by atoms with Gasteiger partial charge in [-0.3, -0.25) is 14.5 Å². The summed E-state index contributed by atoms with van der Waals surface area (Å²) in [5.41, 5.74) is -0.501. The average molecular weight is 527 g/mol. The van der Waals surface area contributed by atoms with Crippen molar-refractivity contribution in [1.82, 2.24) is 15.0 Å².